The minimum absolute atomic E-state index is 0.147. The fraction of sp³-hybridized carbons (Fsp3) is 1.00. The van der Waals surface area contributed by atoms with E-state index >= 15 is 0 Å². The lowest BCUT2D eigenvalue weighted by molar-refractivity contribution is 0.332. The number of rotatable bonds is 19. The average molecular weight is 703 g/mol. The molecule has 3 saturated heterocycles. The molecule has 0 unspecified atom stereocenters. The van der Waals surface area contributed by atoms with Crippen molar-refractivity contribution in [3.05, 3.63) is 0 Å². The second-order valence-corrected chi connectivity index (χ2v) is 14.5. The van der Waals surface area contributed by atoms with Crippen LogP contribution in [0, 0.1) is 0 Å². The van der Waals surface area contributed by atoms with Crippen molar-refractivity contribution in [3.8, 4) is 0 Å². The second-order valence-electron chi connectivity index (χ2n) is 14.5. The predicted octanol–water partition coefficient (Wildman–Crippen LogP) is 2.35. The van der Waals surface area contributed by atoms with Gasteiger partial charge in [-0.2, -0.15) is 0 Å². The van der Waals surface area contributed by atoms with E-state index in [1.54, 1.807) is 0 Å². The fourth-order valence-electron chi connectivity index (χ4n) is 10.8. The van der Waals surface area contributed by atoms with Crippen molar-refractivity contribution in [2.45, 2.75) is 123 Å². The van der Waals surface area contributed by atoms with E-state index in [-0.39, 0.29) is 35.6 Å². The Kier molecular flexibility index (Phi) is 19.1. The van der Waals surface area contributed by atoms with Gasteiger partial charge in [0.2, 0.25) is 0 Å². The number of hydrogen-bond donors (Lipinski definition) is 1. The molecule has 284 valence electrons. The summed E-state index contributed by atoms with van der Waals surface area (Å²) in [5.41, 5.74) is 0. The highest BCUT2D eigenvalue weighted by Gasteiger charge is 2.63. The molecule has 0 saturated carbocycles. The van der Waals surface area contributed by atoms with Crippen LogP contribution in [0.1, 0.15) is 96.9 Å². The van der Waals surface area contributed by atoms with Crippen LogP contribution in [0.4, 0.5) is 0 Å². The Bertz CT molecular complexity index is 985. The molecule has 0 aromatic rings. The van der Waals surface area contributed by atoms with Gasteiger partial charge in [0.05, 0.1) is 0 Å². The third-order valence-electron chi connectivity index (χ3n) is 12.8. The maximum absolute atomic E-state index is 3.78. The highest BCUT2D eigenvalue weighted by atomic mass is 15.5. The van der Waals surface area contributed by atoms with Gasteiger partial charge in [-0.1, -0.05) is 104 Å². The topological polar surface area (TPSA) is 47.7 Å². The van der Waals surface area contributed by atoms with Gasteiger partial charge in [-0.15, -0.1) is 0 Å². The highest BCUT2D eigenvalue weighted by Crippen LogP contribution is 2.32. The molecule has 0 aromatic heterocycles. The van der Waals surface area contributed by atoms with Crippen molar-refractivity contribution in [3.63, 3.8) is 0 Å². The van der Waals surface area contributed by atoms with Gasteiger partial charge in [-0.25, -0.2) is 0 Å². The summed E-state index contributed by atoms with van der Waals surface area (Å²) in [6, 6.07) is 0. The summed E-state index contributed by atoms with van der Waals surface area (Å²) >= 11 is 0. The summed E-state index contributed by atoms with van der Waals surface area (Å²) in [6.45, 7) is 48.5. The SMILES string of the molecule is CCB1N(CC)B(C)N(CC)B(N(CC)B2N(CC)B(CC)N(CC)B(N(CC)B3N(CC)B(CC)N(CC)B(NC)N3CC)N2CC)N1CC. The molecule has 3 rings (SSSR count). The van der Waals surface area contributed by atoms with Crippen molar-refractivity contribution in [1.82, 2.24) is 57.2 Å². The van der Waals surface area contributed by atoms with Crippen LogP contribution in [0.5, 0.6) is 0 Å². The van der Waals surface area contributed by atoms with Crippen molar-refractivity contribution in [2.24, 2.45) is 0 Å². The van der Waals surface area contributed by atoms with E-state index in [4.69, 9.17) is 0 Å². The molecule has 3 aliphatic heterocycles. The summed E-state index contributed by atoms with van der Waals surface area (Å²) in [6.07, 6.45) is 3.33. The Morgan fingerprint density at radius 2 is 0.667 bits per heavy atom. The molecule has 0 radical (unpaired) electrons. The summed E-state index contributed by atoms with van der Waals surface area (Å²) in [5.74, 6) is 0. The van der Waals surface area contributed by atoms with Crippen molar-refractivity contribution in [2.75, 3.05) is 79.0 Å². The van der Waals surface area contributed by atoms with Gasteiger partial charge in [0.1, 0.15) is 0 Å². The van der Waals surface area contributed by atoms with Crippen LogP contribution in [-0.4, -0.2) is 194 Å². The van der Waals surface area contributed by atoms with Crippen molar-refractivity contribution < 1.29 is 0 Å². The molecule has 0 aromatic carbocycles. The van der Waals surface area contributed by atoms with Gasteiger partial charge in [-0.05, 0) is 98.0 Å². The third-order valence-corrected chi connectivity index (χ3v) is 12.8. The van der Waals surface area contributed by atoms with E-state index < -0.39 is 0 Å². The van der Waals surface area contributed by atoms with Crippen LogP contribution in [0.25, 0.3) is 0 Å². The molecular weight excluding hydrogens is 626 g/mol. The Hall–Kier alpha value is 0.104. The zero-order valence-electron chi connectivity index (χ0n) is 36.5. The lowest BCUT2D eigenvalue weighted by atomic mass is 9.41. The van der Waals surface area contributed by atoms with Gasteiger partial charge in [0.15, 0.2) is 0 Å². The molecule has 1 N–H and O–H groups in total. The molecule has 51 heavy (non-hydrogen) atoms. The zero-order chi connectivity index (χ0) is 38.2. The largest absolute Gasteiger partial charge is 0.380 e. The first kappa shape index (κ1) is 45.5. The van der Waals surface area contributed by atoms with E-state index in [2.05, 4.69) is 168 Å². The third kappa shape index (κ3) is 8.31. The second kappa shape index (κ2) is 21.4. The molecule has 0 spiro atoms. The quantitative estimate of drug-likeness (QED) is 0.201. The van der Waals surface area contributed by atoms with Gasteiger partial charge in [-0.3, -0.25) is 0 Å². The van der Waals surface area contributed by atoms with E-state index in [1.165, 1.54) is 0 Å². The Morgan fingerprint density at radius 3 is 0.961 bits per heavy atom. The van der Waals surface area contributed by atoms with Crippen LogP contribution < -0.4 is 5.23 Å². The van der Waals surface area contributed by atoms with E-state index in [1.807, 2.05) is 0 Å². The lowest BCUT2D eigenvalue weighted by Gasteiger charge is -2.63. The number of nitrogens with zero attached hydrogens (tertiary/aromatic N) is 11. The van der Waals surface area contributed by atoms with Crippen LogP contribution in [0.15, 0.2) is 0 Å². The molecule has 0 atom stereocenters. The summed E-state index contributed by atoms with van der Waals surface area (Å²) < 4.78 is 30.9. The predicted molar refractivity (Wildman–Crippen MR) is 234 cm³/mol. The molecule has 12 nitrogen and oxygen atoms in total. The molecule has 0 bridgehead atoms. The van der Waals surface area contributed by atoms with Crippen molar-refractivity contribution in [1.29, 1.82) is 0 Å². The van der Waals surface area contributed by atoms with Crippen molar-refractivity contribution >= 4 is 63.5 Å². The molecular formula is C30H77B9N12. The fourth-order valence-corrected chi connectivity index (χ4v) is 10.8. The van der Waals surface area contributed by atoms with Gasteiger partial charge in [0.25, 0.3) is 27.9 Å². The number of nitrogens with one attached hydrogen (secondary N) is 1. The van der Waals surface area contributed by atoms with E-state index in [0.717, 1.165) is 91.0 Å². The Morgan fingerprint density at radius 1 is 0.373 bits per heavy atom. The molecule has 21 heteroatoms. The van der Waals surface area contributed by atoms with Gasteiger partial charge in [0, 0.05) is 0 Å². The highest BCUT2D eigenvalue weighted by molar-refractivity contribution is 6.94. The molecule has 0 amide bonds. The van der Waals surface area contributed by atoms with Crippen LogP contribution in [0.3, 0.4) is 0 Å². The molecule has 3 heterocycles. The normalized spacial score (nSPS) is 21.4. The molecule has 0 aliphatic carbocycles. The molecule has 3 fully saturated rings. The van der Waals surface area contributed by atoms with Crippen LogP contribution >= 0.6 is 0 Å². The first-order chi connectivity index (χ1) is 24.6. The van der Waals surface area contributed by atoms with E-state index in [0.29, 0.717) is 27.9 Å². The minimum atomic E-state index is 0.147. The summed E-state index contributed by atoms with van der Waals surface area (Å²) in [7, 11) is 3.03. The van der Waals surface area contributed by atoms with Crippen LogP contribution in [-0.2, 0) is 0 Å². The molecule has 3 aliphatic rings. The lowest BCUT2D eigenvalue weighted by Crippen LogP contribution is -2.91. The minimum Gasteiger partial charge on any atom is -0.357 e. The van der Waals surface area contributed by atoms with E-state index in [9.17, 15) is 0 Å². The monoisotopic (exact) mass is 705 g/mol. The standard InChI is InChI=1S/C30H77B9N12/c1-17-32-41(20-4)31(15)42(21-5)36(44(32)23-7)49(28-12)38-46(25-9)34(19-3)47(26-10)39(51(38)30-14)50(29-13)37-45(24-8)33(18-2)43(22-6)35(40-16)48(37)27-11/h40H,17-30H2,1-16H3. The smallest absolute Gasteiger partial charge is 0.357 e. The zero-order valence-corrected chi connectivity index (χ0v) is 36.5. The summed E-state index contributed by atoms with van der Waals surface area (Å²) in [4.78, 5) is 0. The Labute approximate surface area is 321 Å². The average Bonchev–Trinajstić information content (AvgIpc) is 3.16. The maximum atomic E-state index is 3.78. The maximum Gasteiger partial charge on any atom is 0.380 e. The number of hydrogen-bond acceptors (Lipinski definition) is 12. The van der Waals surface area contributed by atoms with Gasteiger partial charge < -0.3 is 57.2 Å². The first-order valence-corrected chi connectivity index (χ1v) is 21.6. The Balaban J connectivity index is 2.31. The first-order valence-electron chi connectivity index (χ1n) is 21.6. The summed E-state index contributed by atoms with van der Waals surface area (Å²) in [5, 5.41) is 3.78. The van der Waals surface area contributed by atoms with Crippen LogP contribution in [0.2, 0.25) is 25.8 Å². The van der Waals surface area contributed by atoms with Gasteiger partial charge >= 0.3 is 35.6 Å².